The molecule has 1 aliphatic rings. The zero-order chi connectivity index (χ0) is 8.81. The average Bonchev–Trinajstić information content (AvgIpc) is 2.05. The van der Waals surface area contributed by atoms with Gasteiger partial charge < -0.3 is 9.53 Å². The van der Waals surface area contributed by atoms with E-state index in [4.69, 9.17) is 4.74 Å². The van der Waals surface area contributed by atoms with Crippen LogP contribution in [0.5, 0.6) is 0 Å². The second kappa shape index (κ2) is 7.30. The summed E-state index contributed by atoms with van der Waals surface area (Å²) in [6, 6.07) is 0. The Bertz CT molecular complexity index is 147. The summed E-state index contributed by atoms with van der Waals surface area (Å²) in [7, 11) is 0. The number of Topliss-reactive ketones (excluding diaryl/α,β-unsaturated/α-hetero) is 1. The van der Waals surface area contributed by atoms with Gasteiger partial charge >= 0.3 is 0 Å². The highest BCUT2D eigenvalue weighted by atomic mass is 35.5. The maximum Gasteiger partial charge on any atom is 0.129 e. The third-order valence-corrected chi connectivity index (χ3v) is 2.11. The molecular weight excluding hydrogens is 190 g/mol. The fourth-order valence-electron chi connectivity index (χ4n) is 1.38. The summed E-state index contributed by atoms with van der Waals surface area (Å²) >= 11 is 0. The van der Waals surface area contributed by atoms with Crippen LogP contribution in [0.4, 0.5) is 0 Å². The summed E-state index contributed by atoms with van der Waals surface area (Å²) in [5.74, 6) is 0.295. The Hall–Kier alpha value is -0.120. The van der Waals surface area contributed by atoms with Crippen LogP contribution in [0.1, 0.15) is 19.8 Å². The summed E-state index contributed by atoms with van der Waals surface area (Å²) in [4.78, 5) is 13.0. The molecule has 3 nitrogen and oxygen atoms in total. The Kier molecular flexibility index (Phi) is 7.23. The molecule has 1 heterocycles. The number of rotatable bonds is 4. The largest absolute Gasteiger partial charge is 0.379 e. The van der Waals surface area contributed by atoms with Crippen molar-refractivity contribution in [1.29, 1.82) is 0 Å². The van der Waals surface area contributed by atoms with Gasteiger partial charge in [-0.1, -0.05) is 0 Å². The monoisotopic (exact) mass is 207 g/mol. The first-order valence-electron chi connectivity index (χ1n) is 4.58. The van der Waals surface area contributed by atoms with Crippen molar-refractivity contribution in [2.45, 2.75) is 19.8 Å². The van der Waals surface area contributed by atoms with Crippen molar-refractivity contribution in [2.75, 3.05) is 32.8 Å². The van der Waals surface area contributed by atoms with Gasteiger partial charge in [0.15, 0.2) is 0 Å². The standard InChI is InChI=1S/C9H17NO2.ClH/c1-9(11)3-2-4-10-5-7-12-8-6-10;/h2-8H2,1H3;1H. The van der Waals surface area contributed by atoms with E-state index in [0.29, 0.717) is 5.78 Å². The van der Waals surface area contributed by atoms with E-state index < -0.39 is 0 Å². The lowest BCUT2D eigenvalue weighted by molar-refractivity contribution is -0.117. The first kappa shape index (κ1) is 12.9. The van der Waals surface area contributed by atoms with Gasteiger partial charge in [-0.3, -0.25) is 4.90 Å². The number of halogens is 1. The fraction of sp³-hybridized carbons (Fsp3) is 0.889. The molecule has 0 unspecified atom stereocenters. The van der Waals surface area contributed by atoms with E-state index in [1.807, 2.05) is 0 Å². The third kappa shape index (κ3) is 6.02. The Labute approximate surface area is 85.8 Å². The maximum atomic E-state index is 10.6. The number of carbonyl (C=O) groups is 1. The first-order valence-corrected chi connectivity index (χ1v) is 4.58. The second-order valence-electron chi connectivity index (χ2n) is 3.26. The summed E-state index contributed by atoms with van der Waals surface area (Å²) in [5, 5.41) is 0. The predicted molar refractivity (Wildman–Crippen MR) is 54.4 cm³/mol. The van der Waals surface area contributed by atoms with E-state index >= 15 is 0 Å². The molecule has 0 saturated carbocycles. The van der Waals surface area contributed by atoms with Gasteiger partial charge in [0.1, 0.15) is 5.78 Å². The predicted octanol–water partition coefficient (Wildman–Crippen LogP) is 1.11. The summed E-state index contributed by atoms with van der Waals surface area (Å²) in [6.45, 7) is 6.44. The van der Waals surface area contributed by atoms with Crippen molar-refractivity contribution in [3.8, 4) is 0 Å². The van der Waals surface area contributed by atoms with Gasteiger partial charge in [0, 0.05) is 19.5 Å². The molecule has 1 fully saturated rings. The molecule has 1 rings (SSSR count). The quantitative estimate of drug-likeness (QED) is 0.692. The number of hydrogen-bond acceptors (Lipinski definition) is 3. The topological polar surface area (TPSA) is 29.5 Å². The highest BCUT2D eigenvalue weighted by molar-refractivity contribution is 5.85. The van der Waals surface area contributed by atoms with Gasteiger partial charge in [-0.2, -0.15) is 0 Å². The number of ketones is 1. The van der Waals surface area contributed by atoms with E-state index in [1.165, 1.54) is 0 Å². The molecule has 0 aromatic rings. The lowest BCUT2D eigenvalue weighted by Gasteiger charge is -2.26. The third-order valence-electron chi connectivity index (χ3n) is 2.11. The van der Waals surface area contributed by atoms with Crippen LogP contribution in [0.25, 0.3) is 0 Å². The molecule has 0 atom stereocenters. The maximum absolute atomic E-state index is 10.6. The molecular formula is C9H18ClNO2. The number of nitrogens with zero attached hydrogens (tertiary/aromatic N) is 1. The zero-order valence-electron chi connectivity index (χ0n) is 8.12. The summed E-state index contributed by atoms with van der Waals surface area (Å²) in [5.41, 5.74) is 0. The van der Waals surface area contributed by atoms with Crippen molar-refractivity contribution >= 4 is 18.2 Å². The van der Waals surface area contributed by atoms with Gasteiger partial charge in [0.05, 0.1) is 13.2 Å². The number of hydrogen-bond donors (Lipinski definition) is 0. The van der Waals surface area contributed by atoms with E-state index in [1.54, 1.807) is 6.92 Å². The Morgan fingerprint density at radius 3 is 2.54 bits per heavy atom. The van der Waals surface area contributed by atoms with Crippen LogP contribution < -0.4 is 0 Å². The Balaban J connectivity index is 0.00000144. The number of carbonyl (C=O) groups excluding carboxylic acids is 1. The molecule has 4 heteroatoms. The van der Waals surface area contributed by atoms with Gasteiger partial charge in [-0.05, 0) is 19.9 Å². The molecule has 0 aromatic heterocycles. The summed E-state index contributed by atoms with van der Waals surface area (Å²) in [6.07, 6.45) is 1.71. The minimum atomic E-state index is 0. The van der Waals surface area contributed by atoms with Crippen molar-refractivity contribution in [3.05, 3.63) is 0 Å². The molecule has 78 valence electrons. The van der Waals surface area contributed by atoms with Gasteiger partial charge in [0.25, 0.3) is 0 Å². The van der Waals surface area contributed by atoms with Crippen LogP contribution in [-0.2, 0) is 9.53 Å². The van der Waals surface area contributed by atoms with Gasteiger partial charge in [-0.25, -0.2) is 0 Å². The van der Waals surface area contributed by atoms with Crippen molar-refractivity contribution in [2.24, 2.45) is 0 Å². The molecule has 1 aliphatic heterocycles. The SMILES string of the molecule is CC(=O)CCCN1CCOCC1.Cl. The van der Waals surface area contributed by atoms with E-state index in [2.05, 4.69) is 4.90 Å². The first-order chi connectivity index (χ1) is 5.79. The molecule has 1 saturated heterocycles. The minimum absolute atomic E-state index is 0. The molecule has 0 amide bonds. The molecule has 0 N–H and O–H groups in total. The molecule has 0 aromatic carbocycles. The van der Waals surface area contributed by atoms with Gasteiger partial charge in [0.2, 0.25) is 0 Å². The summed E-state index contributed by atoms with van der Waals surface area (Å²) < 4.78 is 5.22. The van der Waals surface area contributed by atoms with Crippen molar-refractivity contribution in [1.82, 2.24) is 4.90 Å². The molecule has 0 bridgehead atoms. The molecule has 0 aliphatic carbocycles. The van der Waals surface area contributed by atoms with Crippen LogP contribution >= 0.6 is 12.4 Å². The van der Waals surface area contributed by atoms with E-state index in [0.717, 1.165) is 45.7 Å². The molecule has 0 radical (unpaired) electrons. The van der Waals surface area contributed by atoms with Crippen LogP contribution in [-0.4, -0.2) is 43.5 Å². The molecule has 13 heavy (non-hydrogen) atoms. The lowest BCUT2D eigenvalue weighted by atomic mass is 10.2. The highest BCUT2D eigenvalue weighted by Gasteiger charge is 2.09. The van der Waals surface area contributed by atoms with Crippen molar-refractivity contribution < 1.29 is 9.53 Å². The van der Waals surface area contributed by atoms with Crippen LogP contribution in [0.3, 0.4) is 0 Å². The van der Waals surface area contributed by atoms with Gasteiger partial charge in [-0.15, -0.1) is 12.4 Å². The highest BCUT2D eigenvalue weighted by Crippen LogP contribution is 2.00. The van der Waals surface area contributed by atoms with Crippen molar-refractivity contribution in [3.63, 3.8) is 0 Å². The van der Waals surface area contributed by atoms with E-state index in [-0.39, 0.29) is 12.4 Å². The lowest BCUT2D eigenvalue weighted by Crippen LogP contribution is -2.36. The second-order valence-corrected chi connectivity index (χ2v) is 3.26. The number of ether oxygens (including phenoxy) is 1. The van der Waals surface area contributed by atoms with Crippen LogP contribution in [0.15, 0.2) is 0 Å². The fourth-order valence-corrected chi connectivity index (χ4v) is 1.38. The normalized spacial score (nSPS) is 17.9. The Morgan fingerprint density at radius 1 is 1.38 bits per heavy atom. The zero-order valence-corrected chi connectivity index (χ0v) is 8.94. The molecule has 0 spiro atoms. The smallest absolute Gasteiger partial charge is 0.129 e. The Morgan fingerprint density at radius 2 is 2.00 bits per heavy atom. The van der Waals surface area contributed by atoms with E-state index in [9.17, 15) is 4.79 Å². The minimum Gasteiger partial charge on any atom is -0.379 e. The van der Waals surface area contributed by atoms with Crippen LogP contribution in [0, 0.1) is 0 Å². The average molecular weight is 208 g/mol. The van der Waals surface area contributed by atoms with Crippen LogP contribution in [0.2, 0.25) is 0 Å². The number of morpholine rings is 1.